The molecule has 3 aromatic heterocycles. The molecule has 1 aromatic carbocycles. The molecule has 170 valence electrons. The fourth-order valence-corrected chi connectivity index (χ4v) is 4.64. The Balaban J connectivity index is 1.35. The van der Waals surface area contributed by atoms with Crippen LogP contribution in [0.2, 0.25) is 0 Å². The van der Waals surface area contributed by atoms with Gasteiger partial charge in [-0.05, 0) is 29.6 Å². The van der Waals surface area contributed by atoms with Crippen molar-refractivity contribution in [2.45, 2.75) is 6.18 Å². The van der Waals surface area contributed by atoms with E-state index in [0.29, 0.717) is 18.0 Å². The standard InChI is InChI=1S/C23H20F3N5OS/c24-23(25,26)21-13-18(20-7-4-12-33-20)27-22-14-17(28-31(21)22)19(32)15-29-8-10-30(11-9-29)16-5-2-1-3-6-16/h1-7,12-14H,8-11,15H2. The first-order valence-corrected chi connectivity index (χ1v) is 11.3. The lowest BCUT2D eigenvalue weighted by atomic mass is 10.2. The maximum absolute atomic E-state index is 13.7. The number of anilines is 1. The molecule has 0 spiro atoms. The topological polar surface area (TPSA) is 53.7 Å². The van der Waals surface area contributed by atoms with Gasteiger partial charge in [-0.1, -0.05) is 24.3 Å². The summed E-state index contributed by atoms with van der Waals surface area (Å²) in [6.45, 7) is 3.01. The van der Waals surface area contributed by atoms with Crippen molar-refractivity contribution >= 4 is 28.5 Å². The molecule has 5 rings (SSSR count). The van der Waals surface area contributed by atoms with E-state index in [1.54, 1.807) is 17.5 Å². The molecular formula is C23H20F3N5OS. The quantitative estimate of drug-likeness (QED) is 0.402. The zero-order valence-corrected chi connectivity index (χ0v) is 18.3. The highest BCUT2D eigenvalue weighted by Crippen LogP contribution is 2.33. The van der Waals surface area contributed by atoms with Crippen molar-refractivity contribution in [2.75, 3.05) is 37.6 Å². The van der Waals surface area contributed by atoms with Crippen LogP contribution < -0.4 is 4.90 Å². The lowest BCUT2D eigenvalue weighted by Gasteiger charge is -2.35. The van der Waals surface area contributed by atoms with Gasteiger partial charge in [-0.25, -0.2) is 9.50 Å². The molecule has 0 aliphatic carbocycles. The van der Waals surface area contributed by atoms with E-state index in [1.165, 1.54) is 17.4 Å². The van der Waals surface area contributed by atoms with Gasteiger partial charge in [-0.15, -0.1) is 11.3 Å². The number of hydrogen-bond acceptors (Lipinski definition) is 6. The van der Waals surface area contributed by atoms with E-state index in [0.717, 1.165) is 29.4 Å². The largest absolute Gasteiger partial charge is 0.433 e. The number of carbonyl (C=O) groups excluding carboxylic acids is 1. The molecule has 4 aromatic rings. The second kappa shape index (κ2) is 8.60. The van der Waals surface area contributed by atoms with Gasteiger partial charge in [0.25, 0.3) is 0 Å². The summed E-state index contributed by atoms with van der Waals surface area (Å²) >= 11 is 1.30. The molecule has 1 aliphatic heterocycles. The van der Waals surface area contributed by atoms with E-state index in [1.807, 2.05) is 35.2 Å². The number of halogens is 3. The van der Waals surface area contributed by atoms with Gasteiger partial charge in [-0.2, -0.15) is 18.3 Å². The van der Waals surface area contributed by atoms with Gasteiger partial charge in [0.15, 0.2) is 17.1 Å². The third-order valence-electron chi connectivity index (χ3n) is 5.64. The Labute approximate surface area is 191 Å². The third-order valence-corrected chi connectivity index (χ3v) is 6.53. The molecule has 0 atom stereocenters. The highest BCUT2D eigenvalue weighted by molar-refractivity contribution is 7.13. The minimum atomic E-state index is -4.63. The third kappa shape index (κ3) is 4.49. The minimum absolute atomic E-state index is 0.00507. The van der Waals surface area contributed by atoms with Crippen LogP contribution in [0.4, 0.5) is 18.9 Å². The Kier molecular flexibility index (Phi) is 5.63. The van der Waals surface area contributed by atoms with Crippen LogP contribution in [0.1, 0.15) is 16.2 Å². The van der Waals surface area contributed by atoms with Gasteiger partial charge in [0.2, 0.25) is 0 Å². The Hall–Kier alpha value is -3.24. The van der Waals surface area contributed by atoms with Crippen molar-refractivity contribution in [1.82, 2.24) is 19.5 Å². The molecule has 33 heavy (non-hydrogen) atoms. The number of Topliss-reactive ketones (excluding diaryl/α,β-unsaturated/α-hetero) is 1. The summed E-state index contributed by atoms with van der Waals surface area (Å²) in [7, 11) is 0. The molecule has 0 amide bonds. The fraction of sp³-hybridized carbons (Fsp3) is 0.261. The van der Waals surface area contributed by atoms with Crippen molar-refractivity contribution in [2.24, 2.45) is 0 Å². The van der Waals surface area contributed by atoms with Crippen molar-refractivity contribution in [3.8, 4) is 10.6 Å². The zero-order chi connectivity index (χ0) is 23.0. The minimum Gasteiger partial charge on any atom is -0.369 e. The predicted octanol–water partition coefficient (Wildman–Crippen LogP) is 4.48. The Morgan fingerprint density at radius 3 is 2.42 bits per heavy atom. The van der Waals surface area contributed by atoms with Crippen LogP contribution >= 0.6 is 11.3 Å². The SMILES string of the molecule is O=C(CN1CCN(c2ccccc2)CC1)c1cc2nc(-c3cccs3)cc(C(F)(F)F)n2n1. The summed E-state index contributed by atoms with van der Waals surface area (Å²) in [5.74, 6) is -0.320. The maximum Gasteiger partial charge on any atom is 0.433 e. The van der Waals surface area contributed by atoms with Crippen LogP contribution in [0.15, 0.2) is 60.0 Å². The van der Waals surface area contributed by atoms with Crippen molar-refractivity contribution < 1.29 is 18.0 Å². The van der Waals surface area contributed by atoms with E-state index in [-0.39, 0.29) is 29.4 Å². The molecule has 6 nitrogen and oxygen atoms in total. The molecule has 1 fully saturated rings. The summed E-state index contributed by atoms with van der Waals surface area (Å²) in [4.78, 5) is 22.1. The average Bonchev–Trinajstić information content (AvgIpc) is 3.49. The van der Waals surface area contributed by atoms with Crippen LogP contribution in [-0.4, -0.2) is 58.0 Å². The van der Waals surface area contributed by atoms with Gasteiger partial charge in [-0.3, -0.25) is 9.69 Å². The number of ketones is 1. The lowest BCUT2D eigenvalue weighted by Crippen LogP contribution is -2.48. The number of fused-ring (bicyclic) bond motifs is 1. The van der Waals surface area contributed by atoms with Crippen LogP contribution in [0, 0.1) is 0 Å². The normalized spacial score (nSPS) is 15.3. The highest BCUT2D eigenvalue weighted by atomic mass is 32.1. The van der Waals surface area contributed by atoms with Gasteiger partial charge in [0.1, 0.15) is 5.69 Å². The molecule has 0 unspecified atom stereocenters. The summed E-state index contributed by atoms with van der Waals surface area (Å²) in [6, 6.07) is 15.8. The maximum atomic E-state index is 13.7. The summed E-state index contributed by atoms with van der Waals surface area (Å²) < 4.78 is 41.9. The Morgan fingerprint density at radius 2 is 1.76 bits per heavy atom. The molecule has 4 heterocycles. The van der Waals surface area contributed by atoms with Crippen LogP contribution in [-0.2, 0) is 6.18 Å². The van der Waals surface area contributed by atoms with E-state index in [4.69, 9.17) is 0 Å². The molecule has 0 saturated carbocycles. The second-order valence-electron chi connectivity index (χ2n) is 7.82. The Bertz CT molecular complexity index is 1260. The molecule has 1 saturated heterocycles. The fourth-order valence-electron chi connectivity index (χ4n) is 3.95. The number of alkyl halides is 3. The van der Waals surface area contributed by atoms with Crippen molar-refractivity contribution in [1.29, 1.82) is 0 Å². The Morgan fingerprint density at radius 1 is 1.00 bits per heavy atom. The number of rotatable bonds is 5. The molecule has 0 N–H and O–H groups in total. The number of aromatic nitrogens is 3. The highest BCUT2D eigenvalue weighted by Gasteiger charge is 2.36. The lowest BCUT2D eigenvalue weighted by molar-refractivity contribution is -0.142. The number of thiophene rings is 1. The monoisotopic (exact) mass is 471 g/mol. The van der Waals surface area contributed by atoms with Gasteiger partial charge < -0.3 is 4.90 Å². The number of para-hydroxylation sites is 1. The van der Waals surface area contributed by atoms with E-state index in [9.17, 15) is 18.0 Å². The van der Waals surface area contributed by atoms with E-state index >= 15 is 0 Å². The van der Waals surface area contributed by atoms with Crippen LogP contribution in [0.3, 0.4) is 0 Å². The second-order valence-corrected chi connectivity index (χ2v) is 8.77. The number of nitrogens with zero attached hydrogens (tertiary/aromatic N) is 5. The molecule has 0 bridgehead atoms. The average molecular weight is 472 g/mol. The summed E-state index contributed by atoms with van der Waals surface area (Å²) in [5, 5.41) is 5.76. The molecule has 1 aliphatic rings. The van der Waals surface area contributed by atoms with E-state index < -0.39 is 11.9 Å². The smallest absolute Gasteiger partial charge is 0.369 e. The molecular weight excluding hydrogens is 451 g/mol. The summed E-state index contributed by atoms with van der Waals surface area (Å²) in [5.41, 5.74) is 0.385. The van der Waals surface area contributed by atoms with Crippen molar-refractivity contribution in [3.05, 3.63) is 71.4 Å². The molecule has 10 heteroatoms. The predicted molar refractivity (Wildman–Crippen MR) is 121 cm³/mol. The first-order valence-electron chi connectivity index (χ1n) is 10.5. The van der Waals surface area contributed by atoms with Crippen LogP contribution in [0.25, 0.3) is 16.2 Å². The van der Waals surface area contributed by atoms with Crippen molar-refractivity contribution in [3.63, 3.8) is 0 Å². The summed E-state index contributed by atoms with van der Waals surface area (Å²) in [6.07, 6.45) is -4.63. The van der Waals surface area contributed by atoms with E-state index in [2.05, 4.69) is 15.0 Å². The van der Waals surface area contributed by atoms with Gasteiger partial charge in [0, 0.05) is 37.9 Å². The first kappa shape index (κ1) is 21.6. The number of benzene rings is 1. The van der Waals surface area contributed by atoms with Gasteiger partial charge >= 0.3 is 6.18 Å². The number of carbonyl (C=O) groups is 1. The van der Waals surface area contributed by atoms with Gasteiger partial charge in [0.05, 0.1) is 17.1 Å². The number of piperazine rings is 1. The first-order chi connectivity index (χ1) is 15.9. The van der Waals surface area contributed by atoms with Crippen LogP contribution in [0.5, 0.6) is 0 Å². The number of hydrogen-bond donors (Lipinski definition) is 0. The molecule has 0 radical (unpaired) electrons. The zero-order valence-electron chi connectivity index (χ0n) is 17.5.